The Bertz CT molecular complexity index is 504. The summed E-state index contributed by atoms with van der Waals surface area (Å²) in [6.07, 6.45) is -4.43. The number of nitrogens with zero attached hydrogens (tertiary/aromatic N) is 1. The summed E-state index contributed by atoms with van der Waals surface area (Å²) in [5.74, 6) is -0.797. The van der Waals surface area contributed by atoms with Gasteiger partial charge in [0, 0.05) is 0 Å². The molecule has 9 heteroatoms. The molecule has 0 atom stereocenters. The van der Waals surface area contributed by atoms with Crippen LogP contribution in [0.2, 0.25) is 0 Å². The second-order valence-corrected chi connectivity index (χ2v) is 4.14. The van der Waals surface area contributed by atoms with Crippen molar-refractivity contribution in [3.8, 4) is 6.07 Å². The third-order valence-electron chi connectivity index (χ3n) is 1.88. The molecule has 0 radical (unpaired) electrons. The number of esters is 1. The van der Waals surface area contributed by atoms with E-state index in [2.05, 4.69) is 4.74 Å². The molecule has 3 N–H and O–H groups in total. The molecule has 0 aromatic carbocycles. The van der Waals surface area contributed by atoms with Crippen LogP contribution in [0.15, 0.2) is 0 Å². The van der Waals surface area contributed by atoms with Crippen LogP contribution in [0.25, 0.3) is 0 Å². The molecule has 0 unspecified atom stereocenters. The van der Waals surface area contributed by atoms with Crippen LogP contribution in [0.1, 0.15) is 15.2 Å². The summed E-state index contributed by atoms with van der Waals surface area (Å²) >= 11 is 0.651. The quantitative estimate of drug-likeness (QED) is 0.826. The number of nitrogen functional groups attached to an aromatic ring is 1. The highest BCUT2D eigenvalue weighted by molar-refractivity contribution is 7.18. The molecular formula is C9H8F3N3O2S. The Labute approximate surface area is 104 Å². The number of alkyl halides is 3. The maximum Gasteiger partial charge on any atom is 0.405 e. The van der Waals surface area contributed by atoms with Gasteiger partial charge in [-0.3, -0.25) is 0 Å². The predicted octanol–water partition coefficient (Wildman–Crippen LogP) is 1.96. The van der Waals surface area contributed by atoms with Crippen molar-refractivity contribution < 1.29 is 22.7 Å². The molecule has 1 aromatic rings. The largest absolute Gasteiger partial charge is 0.465 e. The molecule has 98 valence electrons. The molecule has 0 amide bonds. The van der Waals surface area contributed by atoms with E-state index in [4.69, 9.17) is 11.0 Å². The third kappa shape index (κ3) is 3.04. The van der Waals surface area contributed by atoms with Gasteiger partial charge in [0.15, 0.2) is 0 Å². The zero-order valence-corrected chi connectivity index (χ0v) is 9.91. The SMILES string of the molecule is COC(=O)c1sc(NCC(F)(F)F)c(C#N)c1N. The number of carbonyl (C=O) groups is 1. The fourth-order valence-electron chi connectivity index (χ4n) is 1.10. The van der Waals surface area contributed by atoms with E-state index in [1.54, 1.807) is 6.07 Å². The van der Waals surface area contributed by atoms with Gasteiger partial charge in [-0.15, -0.1) is 11.3 Å². The van der Waals surface area contributed by atoms with Crippen molar-refractivity contribution in [1.29, 1.82) is 5.26 Å². The van der Waals surface area contributed by atoms with Gasteiger partial charge >= 0.3 is 12.1 Å². The Kier molecular flexibility index (Phi) is 4.03. The normalized spacial score (nSPS) is 10.8. The lowest BCUT2D eigenvalue weighted by Gasteiger charge is -2.07. The van der Waals surface area contributed by atoms with E-state index >= 15 is 0 Å². The topological polar surface area (TPSA) is 88.1 Å². The van der Waals surface area contributed by atoms with Crippen LogP contribution >= 0.6 is 11.3 Å². The van der Waals surface area contributed by atoms with Gasteiger partial charge in [-0.25, -0.2) is 4.79 Å². The highest BCUT2D eigenvalue weighted by Gasteiger charge is 2.29. The number of thiophene rings is 1. The van der Waals surface area contributed by atoms with E-state index in [1.807, 2.05) is 5.32 Å². The van der Waals surface area contributed by atoms with E-state index in [9.17, 15) is 18.0 Å². The molecule has 0 aliphatic carbocycles. The second kappa shape index (κ2) is 5.14. The van der Waals surface area contributed by atoms with Gasteiger partial charge in [-0.05, 0) is 0 Å². The summed E-state index contributed by atoms with van der Waals surface area (Å²) in [5, 5.41) is 10.7. The van der Waals surface area contributed by atoms with Crippen LogP contribution in [0, 0.1) is 11.3 Å². The molecule has 0 bridgehead atoms. The fourth-order valence-corrected chi connectivity index (χ4v) is 2.09. The van der Waals surface area contributed by atoms with Gasteiger partial charge in [-0.2, -0.15) is 18.4 Å². The van der Waals surface area contributed by atoms with Gasteiger partial charge < -0.3 is 15.8 Å². The number of carbonyl (C=O) groups excluding carboxylic acids is 1. The summed E-state index contributed by atoms with van der Waals surface area (Å²) < 4.78 is 40.5. The molecular weight excluding hydrogens is 271 g/mol. The molecule has 5 nitrogen and oxygen atoms in total. The molecule has 1 heterocycles. The zero-order valence-electron chi connectivity index (χ0n) is 9.09. The lowest BCUT2D eigenvalue weighted by atomic mass is 10.2. The highest BCUT2D eigenvalue weighted by atomic mass is 32.1. The summed E-state index contributed by atoms with van der Waals surface area (Å²) in [6, 6.07) is 1.65. The average molecular weight is 279 g/mol. The standard InChI is InChI=1S/C9H8F3N3O2S/c1-17-8(16)6-5(14)4(2-13)7(18-6)15-3-9(10,11)12/h15H,3,14H2,1H3. The first-order valence-corrected chi connectivity index (χ1v) is 5.33. The van der Waals surface area contributed by atoms with E-state index in [1.165, 1.54) is 0 Å². The lowest BCUT2D eigenvalue weighted by molar-refractivity contribution is -0.115. The fraction of sp³-hybridized carbons (Fsp3) is 0.333. The number of ether oxygens (including phenoxy) is 1. The number of methoxy groups -OCH3 is 1. The number of nitriles is 1. The molecule has 0 fully saturated rings. The Morgan fingerprint density at radius 3 is 2.67 bits per heavy atom. The van der Waals surface area contributed by atoms with Crippen molar-refractivity contribution in [3.05, 3.63) is 10.4 Å². The van der Waals surface area contributed by atoms with E-state index in [-0.39, 0.29) is 21.1 Å². The van der Waals surface area contributed by atoms with E-state index < -0.39 is 18.7 Å². The first-order chi connectivity index (χ1) is 8.30. The average Bonchev–Trinajstić information content (AvgIpc) is 2.61. The van der Waals surface area contributed by atoms with Crippen LogP contribution < -0.4 is 11.1 Å². The van der Waals surface area contributed by atoms with E-state index in [0.717, 1.165) is 7.11 Å². The molecule has 1 rings (SSSR count). The van der Waals surface area contributed by atoms with Crippen molar-refractivity contribution in [2.24, 2.45) is 0 Å². The van der Waals surface area contributed by atoms with Crippen molar-refractivity contribution in [3.63, 3.8) is 0 Å². The summed E-state index contributed by atoms with van der Waals surface area (Å²) in [4.78, 5) is 11.2. The van der Waals surface area contributed by atoms with Gasteiger partial charge in [0.1, 0.15) is 28.1 Å². The number of hydrogen-bond acceptors (Lipinski definition) is 6. The number of rotatable bonds is 3. The molecule has 0 aliphatic heterocycles. The number of anilines is 2. The highest BCUT2D eigenvalue weighted by Crippen LogP contribution is 2.36. The smallest absolute Gasteiger partial charge is 0.405 e. The van der Waals surface area contributed by atoms with Gasteiger partial charge in [0.05, 0.1) is 12.8 Å². The Morgan fingerprint density at radius 1 is 1.61 bits per heavy atom. The second-order valence-electron chi connectivity index (χ2n) is 3.12. The predicted molar refractivity (Wildman–Crippen MR) is 59.3 cm³/mol. The van der Waals surface area contributed by atoms with Crippen LogP contribution in [-0.4, -0.2) is 25.8 Å². The van der Waals surface area contributed by atoms with Crippen LogP contribution in [0.5, 0.6) is 0 Å². The minimum atomic E-state index is -4.43. The van der Waals surface area contributed by atoms with Gasteiger partial charge in [0.25, 0.3) is 0 Å². The number of halogens is 3. The van der Waals surface area contributed by atoms with Crippen LogP contribution in [0.3, 0.4) is 0 Å². The molecule has 0 saturated heterocycles. The zero-order chi connectivity index (χ0) is 13.9. The van der Waals surface area contributed by atoms with E-state index in [0.29, 0.717) is 11.3 Å². The molecule has 1 aromatic heterocycles. The minimum Gasteiger partial charge on any atom is -0.465 e. The Hall–Kier alpha value is -1.95. The monoisotopic (exact) mass is 279 g/mol. The van der Waals surface area contributed by atoms with Gasteiger partial charge in [0.2, 0.25) is 0 Å². The maximum atomic E-state index is 12.0. The molecule has 0 saturated carbocycles. The van der Waals surface area contributed by atoms with Crippen molar-refractivity contribution in [2.45, 2.75) is 6.18 Å². The molecule has 0 spiro atoms. The number of nitrogens with two attached hydrogens (primary N) is 1. The Morgan fingerprint density at radius 2 is 2.22 bits per heavy atom. The van der Waals surface area contributed by atoms with Crippen molar-refractivity contribution >= 4 is 28.0 Å². The molecule has 18 heavy (non-hydrogen) atoms. The third-order valence-corrected chi connectivity index (χ3v) is 3.02. The maximum absolute atomic E-state index is 12.0. The van der Waals surface area contributed by atoms with Crippen molar-refractivity contribution in [1.82, 2.24) is 0 Å². The number of nitrogens with one attached hydrogen (secondary N) is 1. The van der Waals surface area contributed by atoms with Gasteiger partial charge in [-0.1, -0.05) is 0 Å². The first kappa shape index (κ1) is 14.1. The summed E-state index contributed by atoms with van der Waals surface area (Å²) in [6.45, 7) is -1.32. The van der Waals surface area contributed by atoms with Crippen LogP contribution in [-0.2, 0) is 4.74 Å². The minimum absolute atomic E-state index is 0.0984. The lowest BCUT2D eigenvalue weighted by Crippen LogP contribution is -2.21. The molecule has 0 aliphatic rings. The Balaban J connectivity index is 3.06. The first-order valence-electron chi connectivity index (χ1n) is 4.51. The van der Waals surface area contributed by atoms with Crippen LogP contribution in [0.4, 0.5) is 23.9 Å². The summed E-state index contributed by atoms with van der Waals surface area (Å²) in [7, 11) is 1.11. The van der Waals surface area contributed by atoms with Crippen molar-refractivity contribution in [2.75, 3.05) is 24.7 Å². The summed E-state index contributed by atoms with van der Waals surface area (Å²) in [5.41, 5.74) is 5.12. The number of hydrogen-bond donors (Lipinski definition) is 2.